The fourth-order valence-electron chi connectivity index (χ4n) is 5.69. The van der Waals surface area contributed by atoms with Crippen LogP contribution in [-0.2, 0) is 32.2 Å². The third kappa shape index (κ3) is 10.5. The van der Waals surface area contributed by atoms with Gasteiger partial charge in [0.1, 0.15) is 0 Å². The predicted molar refractivity (Wildman–Crippen MR) is 156 cm³/mol. The Morgan fingerprint density at radius 3 is 1.90 bits per heavy atom. The number of hydrogen-bond donors (Lipinski definition) is 2. The average molecular weight is 549 g/mol. The van der Waals surface area contributed by atoms with Crippen molar-refractivity contribution in [1.82, 2.24) is 10.2 Å². The number of nitrogens with zero attached hydrogens (tertiary/aromatic N) is 1. The van der Waals surface area contributed by atoms with Gasteiger partial charge in [0.15, 0.2) is 0 Å². The number of aliphatic carboxylic acids is 1. The molecule has 2 aliphatic carbocycles. The lowest BCUT2D eigenvalue weighted by Gasteiger charge is -2.29. The first kappa shape index (κ1) is 30.0. The van der Waals surface area contributed by atoms with Crippen LogP contribution in [0.1, 0.15) is 62.5 Å². The van der Waals surface area contributed by atoms with Crippen LogP contribution in [0.3, 0.4) is 0 Å². The molecule has 0 saturated heterocycles. The van der Waals surface area contributed by atoms with Crippen LogP contribution in [0.2, 0.25) is 0 Å². The molecule has 2 N–H and O–H groups in total. The highest BCUT2D eigenvalue weighted by molar-refractivity contribution is 5.87. The van der Waals surface area contributed by atoms with Crippen molar-refractivity contribution in [3.63, 3.8) is 0 Å². The molecule has 216 valence electrons. The Kier molecular flexibility index (Phi) is 12.2. The van der Waals surface area contributed by atoms with Gasteiger partial charge in [-0.1, -0.05) is 66.7 Å². The molecule has 7 heteroatoms. The van der Waals surface area contributed by atoms with Gasteiger partial charge in [-0.2, -0.15) is 0 Å². The van der Waals surface area contributed by atoms with Gasteiger partial charge >= 0.3 is 5.97 Å². The molecular formula is C33H44N2O5. The average Bonchev–Trinajstić information content (AvgIpc) is 2.97. The van der Waals surface area contributed by atoms with Crippen molar-refractivity contribution in [2.45, 2.75) is 82.7 Å². The van der Waals surface area contributed by atoms with Crippen LogP contribution >= 0.6 is 0 Å². The maximum atomic E-state index is 12.2. The summed E-state index contributed by atoms with van der Waals surface area (Å²) >= 11 is 0. The van der Waals surface area contributed by atoms with E-state index in [0.717, 1.165) is 58.2 Å². The Bertz CT molecular complexity index is 1000. The molecule has 2 aromatic rings. The molecule has 2 aromatic carbocycles. The number of rotatable bonds is 14. The number of hydrogen-bond acceptors (Lipinski definition) is 5. The maximum Gasteiger partial charge on any atom is 0.306 e. The number of carboxylic acids is 1. The SMILES string of the molecule is O=C(/C=C/COC1CCC(OCCN(Cc2ccccc2)Cc2ccccc2)CC1)NC1CCC(C(=O)O)CC1. The number of carbonyl (C=O) groups is 2. The Morgan fingerprint density at radius 2 is 1.35 bits per heavy atom. The van der Waals surface area contributed by atoms with Crippen LogP contribution in [0.5, 0.6) is 0 Å². The van der Waals surface area contributed by atoms with Crippen LogP contribution < -0.4 is 5.32 Å². The highest BCUT2D eigenvalue weighted by Gasteiger charge is 2.26. The van der Waals surface area contributed by atoms with E-state index in [1.807, 2.05) is 0 Å². The Morgan fingerprint density at radius 1 is 0.800 bits per heavy atom. The minimum Gasteiger partial charge on any atom is -0.481 e. The molecule has 2 saturated carbocycles. The van der Waals surface area contributed by atoms with E-state index in [4.69, 9.17) is 14.6 Å². The zero-order valence-corrected chi connectivity index (χ0v) is 23.5. The van der Waals surface area contributed by atoms with Crippen molar-refractivity contribution in [1.29, 1.82) is 0 Å². The number of carboxylic acid groups (broad SMARTS) is 1. The monoisotopic (exact) mass is 548 g/mol. The molecule has 0 aromatic heterocycles. The number of amides is 1. The molecule has 0 bridgehead atoms. The summed E-state index contributed by atoms with van der Waals surface area (Å²) < 4.78 is 12.3. The second kappa shape index (κ2) is 16.3. The molecule has 0 spiro atoms. The second-order valence-corrected chi connectivity index (χ2v) is 11.1. The Labute approximate surface area is 238 Å². The van der Waals surface area contributed by atoms with Gasteiger partial charge in [-0.05, 0) is 62.5 Å². The molecule has 1 amide bonds. The first-order valence-electron chi connectivity index (χ1n) is 14.8. The maximum absolute atomic E-state index is 12.2. The number of carbonyl (C=O) groups excluding carboxylic acids is 1. The van der Waals surface area contributed by atoms with Gasteiger partial charge in [0, 0.05) is 31.8 Å². The van der Waals surface area contributed by atoms with Crippen molar-refractivity contribution < 1.29 is 24.2 Å². The summed E-state index contributed by atoms with van der Waals surface area (Å²) in [5.74, 6) is -1.13. The second-order valence-electron chi connectivity index (χ2n) is 11.1. The van der Waals surface area contributed by atoms with Crippen LogP contribution in [-0.4, -0.2) is 59.9 Å². The molecule has 4 rings (SSSR count). The Balaban J connectivity index is 1.09. The van der Waals surface area contributed by atoms with Crippen molar-refractivity contribution >= 4 is 11.9 Å². The lowest BCUT2D eigenvalue weighted by atomic mass is 9.86. The summed E-state index contributed by atoms with van der Waals surface area (Å²) in [5.41, 5.74) is 2.62. The number of nitrogens with one attached hydrogen (secondary N) is 1. The molecule has 2 fully saturated rings. The lowest BCUT2D eigenvalue weighted by Crippen LogP contribution is -2.37. The van der Waals surface area contributed by atoms with Gasteiger partial charge in [-0.25, -0.2) is 0 Å². The van der Waals surface area contributed by atoms with E-state index in [-0.39, 0.29) is 30.1 Å². The van der Waals surface area contributed by atoms with E-state index in [2.05, 4.69) is 70.9 Å². The van der Waals surface area contributed by atoms with E-state index < -0.39 is 5.97 Å². The molecule has 0 aliphatic heterocycles. The summed E-state index contributed by atoms with van der Waals surface area (Å²) in [4.78, 5) is 25.7. The third-order valence-corrected chi connectivity index (χ3v) is 8.00. The molecule has 0 radical (unpaired) electrons. The highest BCUT2D eigenvalue weighted by Crippen LogP contribution is 2.25. The summed E-state index contributed by atoms with van der Waals surface area (Å²) in [6.07, 6.45) is 10.4. The fraction of sp³-hybridized carbons (Fsp3) is 0.515. The van der Waals surface area contributed by atoms with Crippen molar-refractivity contribution in [3.05, 3.63) is 83.9 Å². The van der Waals surface area contributed by atoms with Gasteiger partial charge in [0.2, 0.25) is 5.91 Å². The molecular weight excluding hydrogens is 504 g/mol. The van der Waals surface area contributed by atoms with Crippen molar-refractivity contribution in [2.75, 3.05) is 19.8 Å². The largest absolute Gasteiger partial charge is 0.481 e. The smallest absolute Gasteiger partial charge is 0.306 e. The zero-order valence-electron chi connectivity index (χ0n) is 23.5. The van der Waals surface area contributed by atoms with Crippen LogP contribution in [0.25, 0.3) is 0 Å². The van der Waals surface area contributed by atoms with Gasteiger partial charge in [0.05, 0.1) is 31.3 Å². The molecule has 0 heterocycles. The predicted octanol–water partition coefficient (Wildman–Crippen LogP) is 5.35. The zero-order chi connectivity index (χ0) is 28.0. The van der Waals surface area contributed by atoms with Crippen molar-refractivity contribution in [3.8, 4) is 0 Å². The minimum atomic E-state index is -0.730. The number of ether oxygens (including phenoxy) is 2. The first-order chi connectivity index (χ1) is 19.5. The summed E-state index contributed by atoms with van der Waals surface area (Å²) in [7, 11) is 0. The van der Waals surface area contributed by atoms with E-state index in [1.165, 1.54) is 17.2 Å². The van der Waals surface area contributed by atoms with E-state index in [0.29, 0.717) is 26.1 Å². The summed E-state index contributed by atoms with van der Waals surface area (Å²) in [6, 6.07) is 21.2. The molecule has 2 aliphatic rings. The van der Waals surface area contributed by atoms with Gasteiger partial charge < -0.3 is 19.9 Å². The quantitative estimate of drug-likeness (QED) is 0.310. The topological polar surface area (TPSA) is 88.1 Å². The molecule has 40 heavy (non-hydrogen) atoms. The van der Waals surface area contributed by atoms with Crippen LogP contribution in [0.4, 0.5) is 0 Å². The van der Waals surface area contributed by atoms with Crippen molar-refractivity contribution in [2.24, 2.45) is 5.92 Å². The molecule has 0 atom stereocenters. The van der Waals surface area contributed by atoms with E-state index in [1.54, 1.807) is 6.08 Å². The summed E-state index contributed by atoms with van der Waals surface area (Å²) in [6.45, 7) is 3.82. The minimum absolute atomic E-state index is 0.0627. The highest BCUT2D eigenvalue weighted by atomic mass is 16.5. The van der Waals surface area contributed by atoms with E-state index >= 15 is 0 Å². The normalized spacial score (nSPS) is 23.3. The van der Waals surface area contributed by atoms with Gasteiger partial charge in [-0.3, -0.25) is 14.5 Å². The Hall–Kier alpha value is -3.00. The van der Waals surface area contributed by atoms with Crippen LogP contribution in [0.15, 0.2) is 72.8 Å². The number of benzene rings is 2. The first-order valence-corrected chi connectivity index (χ1v) is 14.8. The molecule has 7 nitrogen and oxygen atoms in total. The van der Waals surface area contributed by atoms with Gasteiger partial charge in [0.25, 0.3) is 0 Å². The fourth-order valence-corrected chi connectivity index (χ4v) is 5.69. The van der Waals surface area contributed by atoms with Gasteiger partial charge in [-0.15, -0.1) is 0 Å². The summed E-state index contributed by atoms with van der Waals surface area (Å²) in [5, 5.41) is 12.1. The third-order valence-electron chi connectivity index (χ3n) is 8.00. The lowest BCUT2D eigenvalue weighted by molar-refractivity contribution is -0.142. The standard InChI is InChI=1S/C33H44N2O5/c36-32(34-29-15-13-28(14-16-29)33(37)38)12-7-22-39-30-17-19-31(20-18-30)40-23-21-35(24-26-8-3-1-4-9-26)25-27-10-5-2-6-11-27/h1-12,28-31H,13-25H2,(H,34,36)(H,37,38)/b12-7+. The van der Waals surface area contributed by atoms with Crippen LogP contribution in [0, 0.1) is 5.92 Å². The van der Waals surface area contributed by atoms with E-state index in [9.17, 15) is 9.59 Å². The molecule has 0 unspecified atom stereocenters.